The maximum Gasteiger partial charge on any atom is 0.238 e. The number of aromatic nitrogens is 2. The molecule has 9 aromatic carbocycles. The Labute approximate surface area is 366 Å². The second-order valence-electron chi connectivity index (χ2n) is 15.8. The van der Waals surface area contributed by atoms with Gasteiger partial charge in [0.15, 0.2) is 13.9 Å². The number of benzene rings is 9. The molecule has 0 unspecified atom stereocenters. The zero-order valence-corrected chi connectivity index (χ0v) is 35.4. The third kappa shape index (κ3) is 6.52. The normalized spacial score (nSPS) is 12.2. The van der Waals surface area contributed by atoms with Crippen molar-refractivity contribution in [1.82, 2.24) is 9.13 Å². The minimum atomic E-state index is -2.99. The van der Waals surface area contributed by atoms with Crippen LogP contribution in [-0.4, -0.2) is 35.3 Å². The Balaban J connectivity index is 1.12. The molecule has 5 nitrogen and oxygen atoms in total. The van der Waals surface area contributed by atoms with Crippen molar-refractivity contribution in [2.24, 2.45) is 9.98 Å². The highest BCUT2D eigenvalue weighted by atomic mass is 28.3. The van der Waals surface area contributed by atoms with Crippen molar-refractivity contribution in [1.29, 1.82) is 5.41 Å². The van der Waals surface area contributed by atoms with Crippen molar-refractivity contribution in [2.75, 3.05) is 0 Å². The highest BCUT2D eigenvalue weighted by Crippen LogP contribution is 2.30. The van der Waals surface area contributed by atoms with Crippen LogP contribution in [0.25, 0.3) is 54.7 Å². The summed E-state index contributed by atoms with van der Waals surface area (Å²) in [4.78, 5) is 10.5. The SMILES string of the molecule is N=C(N=C(N=Cn1c2ccccc2c2ccccc21)n1c2ccccc2c2ccccc21)c1cccc([Si](c2ccccc2)(c2ccccc2)c2cccc(-c3ccccc3)c2)c1. The van der Waals surface area contributed by atoms with E-state index < -0.39 is 8.07 Å². The Morgan fingerprint density at radius 2 is 0.810 bits per heavy atom. The fourth-order valence-electron chi connectivity index (χ4n) is 9.46. The minimum absolute atomic E-state index is 0.121. The summed E-state index contributed by atoms with van der Waals surface area (Å²) in [6.07, 6.45) is 1.86. The molecule has 11 aromatic rings. The van der Waals surface area contributed by atoms with E-state index in [2.05, 4.69) is 228 Å². The van der Waals surface area contributed by atoms with Gasteiger partial charge in [0.2, 0.25) is 5.96 Å². The maximum absolute atomic E-state index is 9.89. The maximum atomic E-state index is 9.89. The standard InChI is InChI=1S/C57H41N5Si/c58-56(43-23-19-29-47(39-43)63(44-24-6-2-7-25-44,45-26-8-3-9-27-45)46-28-18-22-42(38-46)41-20-4-1-5-21-41)60-57(62-54-36-16-12-32-50(54)51-33-13-17-37-55(51)62)59-40-61-52-34-14-10-30-48(52)49-31-11-15-35-53(49)61/h1-40,58H. The number of fused-ring (bicyclic) bond motifs is 6. The molecule has 0 bridgehead atoms. The van der Waals surface area contributed by atoms with Gasteiger partial charge in [0.1, 0.15) is 6.34 Å². The van der Waals surface area contributed by atoms with E-state index in [0.29, 0.717) is 11.5 Å². The van der Waals surface area contributed by atoms with Gasteiger partial charge in [-0.1, -0.05) is 212 Å². The monoisotopic (exact) mass is 823 g/mol. The minimum Gasteiger partial charge on any atom is -0.300 e. The summed E-state index contributed by atoms with van der Waals surface area (Å²) in [6.45, 7) is 0. The second-order valence-corrected chi connectivity index (χ2v) is 19.6. The summed E-state index contributed by atoms with van der Waals surface area (Å²) in [7, 11) is -2.99. The van der Waals surface area contributed by atoms with Gasteiger partial charge in [-0.15, -0.1) is 0 Å². The summed E-state index contributed by atoms with van der Waals surface area (Å²) >= 11 is 0. The van der Waals surface area contributed by atoms with E-state index in [1.54, 1.807) is 0 Å². The summed E-state index contributed by atoms with van der Waals surface area (Å²) in [5.74, 6) is 0.519. The zero-order valence-electron chi connectivity index (χ0n) is 34.4. The van der Waals surface area contributed by atoms with Gasteiger partial charge in [0, 0.05) is 27.1 Å². The number of nitrogens with zero attached hydrogens (tertiary/aromatic N) is 4. The lowest BCUT2D eigenvalue weighted by atomic mass is 10.1. The third-order valence-electron chi connectivity index (χ3n) is 12.3. The molecule has 0 aliphatic carbocycles. The average Bonchev–Trinajstić information content (AvgIpc) is 3.87. The molecule has 2 heterocycles. The molecular weight excluding hydrogens is 783 g/mol. The van der Waals surface area contributed by atoms with Crippen LogP contribution in [0.15, 0.2) is 247 Å². The molecule has 0 fully saturated rings. The van der Waals surface area contributed by atoms with E-state index in [1.807, 2.05) is 24.5 Å². The van der Waals surface area contributed by atoms with Crippen LogP contribution in [-0.2, 0) is 0 Å². The number of hydrogen-bond donors (Lipinski definition) is 1. The number of hydrogen-bond acceptors (Lipinski definition) is 1. The number of rotatable bonds is 7. The van der Waals surface area contributed by atoms with E-state index >= 15 is 0 Å². The third-order valence-corrected chi connectivity index (χ3v) is 17.0. The quantitative estimate of drug-likeness (QED) is 0.0721. The van der Waals surface area contributed by atoms with Gasteiger partial charge in [0.05, 0.1) is 22.1 Å². The molecule has 6 heteroatoms. The van der Waals surface area contributed by atoms with E-state index in [9.17, 15) is 5.41 Å². The Hall–Kier alpha value is -8.19. The van der Waals surface area contributed by atoms with Gasteiger partial charge in [-0.3, -0.25) is 14.5 Å². The van der Waals surface area contributed by atoms with Gasteiger partial charge in [0.25, 0.3) is 0 Å². The van der Waals surface area contributed by atoms with Crippen molar-refractivity contribution in [3.63, 3.8) is 0 Å². The van der Waals surface area contributed by atoms with Crippen molar-refractivity contribution in [3.8, 4) is 11.1 Å². The Morgan fingerprint density at radius 3 is 1.37 bits per heavy atom. The second kappa shape index (κ2) is 16.0. The summed E-state index contributed by atoms with van der Waals surface area (Å²) in [6, 6.07) is 83.6. The Kier molecular flexibility index (Phi) is 9.60. The van der Waals surface area contributed by atoms with Gasteiger partial charge >= 0.3 is 0 Å². The zero-order chi connectivity index (χ0) is 42.2. The number of amidine groups is 1. The van der Waals surface area contributed by atoms with E-state index in [-0.39, 0.29) is 5.84 Å². The summed E-state index contributed by atoms with van der Waals surface area (Å²) in [5.41, 5.74) is 7.08. The molecule has 0 aliphatic heterocycles. The van der Waals surface area contributed by atoms with Gasteiger partial charge in [-0.2, -0.15) is 4.99 Å². The first-order chi connectivity index (χ1) is 31.2. The molecule has 0 spiro atoms. The van der Waals surface area contributed by atoms with E-state index in [0.717, 1.165) is 48.8 Å². The number of nitrogens with one attached hydrogen (secondary N) is 1. The predicted molar refractivity (Wildman–Crippen MR) is 268 cm³/mol. The lowest BCUT2D eigenvalue weighted by Gasteiger charge is -2.35. The largest absolute Gasteiger partial charge is 0.300 e. The van der Waals surface area contributed by atoms with Gasteiger partial charge in [-0.05, 0) is 56.1 Å². The first-order valence-electron chi connectivity index (χ1n) is 21.2. The molecule has 0 saturated carbocycles. The van der Waals surface area contributed by atoms with Crippen molar-refractivity contribution in [3.05, 3.63) is 242 Å². The summed E-state index contributed by atoms with van der Waals surface area (Å²) < 4.78 is 4.22. The smallest absolute Gasteiger partial charge is 0.238 e. The van der Waals surface area contributed by atoms with Crippen molar-refractivity contribution >= 4 is 90.6 Å². The van der Waals surface area contributed by atoms with Gasteiger partial charge < -0.3 is 0 Å². The molecule has 0 radical (unpaired) electrons. The van der Waals surface area contributed by atoms with Crippen molar-refractivity contribution < 1.29 is 0 Å². The van der Waals surface area contributed by atoms with Crippen LogP contribution in [0.1, 0.15) is 5.56 Å². The fraction of sp³-hybridized carbons (Fsp3) is 0. The van der Waals surface area contributed by atoms with Crippen LogP contribution in [0.2, 0.25) is 0 Å². The number of para-hydroxylation sites is 4. The Bertz CT molecular complexity index is 3380. The molecule has 0 amide bonds. The van der Waals surface area contributed by atoms with Crippen LogP contribution in [0.4, 0.5) is 0 Å². The van der Waals surface area contributed by atoms with Crippen LogP contribution in [0, 0.1) is 5.41 Å². The van der Waals surface area contributed by atoms with Crippen molar-refractivity contribution in [2.45, 2.75) is 0 Å². The fourth-order valence-corrected chi connectivity index (χ4v) is 14.3. The molecule has 1 N–H and O–H groups in total. The van der Waals surface area contributed by atoms with Crippen LogP contribution < -0.4 is 20.7 Å². The van der Waals surface area contributed by atoms with Crippen LogP contribution in [0.5, 0.6) is 0 Å². The first kappa shape index (κ1) is 37.8. The van der Waals surface area contributed by atoms with E-state index in [4.69, 9.17) is 9.98 Å². The van der Waals surface area contributed by atoms with Gasteiger partial charge in [-0.25, -0.2) is 4.99 Å². The first-order valence-corrected chi connectivity index (χ1v) is 23.2. The predicted octanol–water partition coefficient (Wildman–Crippen LogP) is 10.8. The molecular formula is C57H41N5Si. The lowest BCUT2D eigenvalue weighted by molar-refractivity contribution is 1.21. The molecule has 298 valence electrons. The number of aliphatic imine (C=N–C) groups is 2. The highest BCUT2D eigenvalue weighted by Gasteiger charge is 2.41. The molecule has 11 rings (SSSR count). The lowest BCUT2D eigenvalue weighted by Crippen LogP contribution is -2.74. The summed E-state index contributed by atoms with van der Waals surface area (Å²) in [5, 5.41) is 19.3. The highest BCUT2D eigenvalue weighted by molar-refractivity contribution is 7.20. The average molecular weight is 824 g/mol. The molecule has 0 atom stereocenters. The molecule has 0 aliphatic rings. The van der Waals surface area contributed by atoms with Crippen LogP contribution >= 0.6 is 0 Å². The molecule has 0 saturated heterocycles. The molecule has 2 aromatic heterocycles. The topological polar surface area (TPSA) is 58.4 Å². The Morgan fingerprint density at radius 1 is 0.397 bits per heavy atom. The van der Waals surface area contributed by atoms with Crippen LogP contribution in [0.3, 0.4) is 0 Å². The molecule has 63 heavy (non-hydrogen) atoms. The van der Waals surface area contributed by atoms with E-state index in [1.165, 1.54) is 26.7 Å².